The number of rotatable bonds is 2. The lowest BCUT2D eigenvalue weighted by Crippen LogP contribution is -2.29. The summed E-state index contributed by atoms with van der Waals surface area (Å²) in [4.78, 5) is 12.4. The third-order valence-electron chi connectivity index (χ3n) is 2.88. The van der Waals surface area contributed by atoms with Gasteiger partial charge in [0.1, 0.15) is 5.69 Å². The van der Waals surface area contributed by atoms with Crippen LogP contribution in [-0.4, -0.2) is 15.7 Å². The second kappa shape index (κ2) is 5.70. The second-order valence-electron chi connectivity index (χ2n) is 5.84. The highest BCUT2D eigenvalue weighted by atomic mass is 35.5. The van der Waals surface area contributed by atoms with Crippen molar-refractivity contribution in [3.63, 3.8) is 0 Å². The molecule has 0 aliphatic heterocycles. The van der Waals surface area contributed by atoms with Crippen LogP contribution in [0.5, 0.6) is 0 Å². The van der Waals surface area contributed by atoms with Crippen LogP contribution in [0.15, 0.2) is 24.3 Å². The van der Waals surface area contributed by atoms with E-state index in [1.807, 2.05) is 27.7 Å². The molecule has 0 radical (unpaired) electrons. The minimum Gasteiger partial charge on any atom is -0.321 e. The minimum atomic E-state index is -0.279. The van der Waals surface area contributed by atoms with Gasteiger partial charge in [-0.05, 0) is 52.0 Å². The molecule has 0 saturated heterocycles. The first-order chi connectivity index (χ1) is 9.68. The van der Waals surface area contributed by atoms with Gasteiger partial charge in [-0.15, -0.1) is 0 Å². The smallest absolute Gasteiger partial charge is 0.273 e. The Hall–Kier alpha value is -1.52. The lowest BCUT2D eigenvalue weighted by molar-refractivity contribution is 0.100. The highest BCUT2D eigenvalue weighted by molar-refractivity contribution is 6.42. The molecular weight excluding hydrogens is 309 g/mol. The maximum absolute atomic E-state index is 12.4. The maximum atomic E-state index is 12.4. The normalized spacial score (nSPS) is 11.5. The van der Waals surface area contributed by atoms with E-state index in [0.29, 0.717) is 21.4 Å². The number of hydrogen-bond donors (Lipinski definition) is 1. The third kappa shape index (κ3) is 3.57. The van der Waals surface area contributed by atoms with E-state index in [-0.39, 0.29) is 11.4 Å². The topological polar surface area (TPSA) is 46.9 Å². The van der Waals surface area contributed by atoms with Crippen LogP contribution in [0.2, 0.25) is 10.0 Å². The summed E-state index contributed by atoms with van der Waals surface area (Å²) in [6.45, 7) is 7.85. The number of halogens is 2. The molecule has 0 bridgehead atoms. The summed E-state index contributed by atoms with van der Waals surface area (Å²) in [5, 5.41) is 8.04. The number of nitrogens with one attached hydrogen (secondary N) is 1. The molecule has 1 N–H and O–H groups in total. The van der Waals surface area contributed by atoms with Crippen LogP contribution in [0, 0.1) is 6.92 Å². The molecule has 0 aliphatic carbocycles. The molecule has 0 saturated carbocycles. The number of nitrogens with zero attached hydrogens (tertiary/aromatic N) is 2. The molecule has 0 fully saturated rings. The highest BCUT2D eigenvalue weighted by Gasteiger charge is 2.23. The molecule has 0 atom stereocenters. The summed E-state index contributed by atoms with van der Waals surface area (Å²) in [6.07, 6.45) is 0. The van der Waals surface area contributed by atoms with E-state index in [4.69, 9.17) is 23.2 Å². The van der Waals surface area contributed by atoms with Crippen molar-refractivity contribution in [1.82, 2.24) is 9.78 Å². The molecule has 1 aromatic carbocycles. The molecule has 1 aromatic heterocycles. The summed E-state index contributed by atoms with van der Waals surface area (Å²) in [5.41, 5.74) is 1.61. The van der Waals surface area contributed by atoms with Gasteiger partial charge in [-0.1, -0.05) is 23.2 Å². The van der Waals surface area contributed by atoms with Crippen molar-refractivity contribution in [3.05, 3.63) is 45.7 Å². The van der Waals surface area contributed by atoms with Crippen LogP contribution < -0.4 is 5.32 Å². The molecular formula is C15H17Cl2N3O. The quantitative estimate of drug-likeness (QED) is 0.883. The fourth-order valence-electron chi connectivity index (χ4n) is 1.94. The van der Waals surface area contributed by atoms with Crippen molar-refractivity contribution in [3.8, 4) is 0 Å². The van der Waals surface area contributed by atoms with Crippen molar-refractivity contribution < 1.29 is 4.79 Å². The summed E-state index contributed by atoms with van der Waals surface area (Å²) < 4.78 is 1.72. The Balaban J connectivity index is 2.30. The van der Waals surface area contributed by atoms with E-state index in [2.05, 4.69) is 10.4 Å². The molecule has 112 valence electrons. The van der Waals surface area contributed by atoms with Crippen molar-refractivity contribution in [1.29, 1.82) is 0 Å². The van der Waals surface area contributed by atoms with Gasteiger partial charge >= 0.3 is 0 Å². The van der Waals surface area contributed by atoms with Gasteiger partial charge < -0.3 is 5.32 Å². The molecule has 6 heteroatoms. The summed E-state index contributed by atoms with van der Waals surface area (Å²) >= 11 is 11.8. The first-order valence-corrected chi connectivity index (χ1v) is 7.27. The SMILES string of the molecule is Cc1cc(C(=O)Nc2ccc(Cl)c(Cl)c2)n(C(C)(C)C)n1. The van der Waals surface area contributed by atoms with Crippen LogP contribution in [0.3, 0.4) is 0 Å². The van der Waals surface area contributed by atoms with Gasteiger partial charge in [0.2, 0.25) is 0 Å². The summed E-state index contributed by atoms with van der Waals surface area (Å²) in [5.74, 6) is -0.232. The van der Waals surface area contributed by atoms with Gasteiger partial charge in [0.25, 0.3) is 5.91 Å². The summed E-state index contributed by atoms with van der Waals surface area (Å²) in [7, 11) is 0. The van der Waals surface area contributed by atoms with E-state index in [1.54, 1.807) is 28.9 Å². The van der Waals surface area contributed by atoms with E-state index in [9.17, 15) is 4.79 Å². The fraction of sp³-hybridized carbons (Fsp3) is 0.333. The number of anilines is 1. The number of carbonyl (C=O) groups is 1. The zero-order valence-corrected chi connectivity index (χ0v) is 13.9. The van der Waals surface area contributed by atoms with Crippen molar-refractivity contribution in [2.75, 3.05) is 5.32 Å². The Morgan fingerprint density at radius 3 is 2.43 bits per heavy atom. The van der Waals surface area contributed by atoms with Gasteiger partial charge in [0.15, 0.2) is 0 Å². The number of carbonyl (C=O) groups excluding carboxylic acids is 1. The van der Waals surface area contributed by atoms with E-state index >= 15 is 0 Å². The maximum Gasteiger partial charge on any atom is 0.273 e. The number of aromatic nitrogens is 2. The molecule has 2 aromatic rings. The third-order valence-corrected chi connectivity index (χ3v) is 3.62. The number of aryl methyl sites for hydroxylation is 1. The predicted octanol–water partition coefficient (Wildman–Crippen LogP) is 4.51. The molecule has 0 spiro atoms. The van der Waals surface area contributed by atoms with Crippen molar-refractivity contribution in [2.45, 2.75) is 33.2 Å². The first-order valence-electron chi connectivity index (χ1n) is 6.52. The lowest BCUT2D eigenvalue weighted by atomic mass is 10.1. The Morgan fingerprint density at radius 2 is 1.86 bits per heavy atom. The Kier molecular flexibility index (Phi) is 4.30. The monoisotopic (exact) mass is 325 g/mol. The van der Waals surface area contributed by atoms with Crippen molar-refractivity contribution >= 4 is 34.8 Å². The minimum absolute atomic E-state index is 0.232. The molecule has 1 heterocycles. The van der Waals surface area contributed by atoms with E-state index in [0.717, 1.165) is 5.69 Å². The predicted molar refractivity (Wildman–Crippen MR) is 86.4 cm³/mol. The molecule has 1 amide bonds. The number of benzene rings is 1. The van der Waals surface area contributed by atoms with Gasteiger partial charge in [-0.3, -0.25) is 9.48 Å². The average molecular weight is 326 g/mol. The lowest BCUT2D eigenvalue weighted by Gasteiger charge is -2.22. The molecule has 21 heavy (non-hydrogen) atoms. The largest absolute Gasteiger partial charge is 0.321 e. The molecule has 2 rings (SSSR count). The Bertz CT molecular complexity index is 687. The molecule has 0 unspecified atom stereocenters. The number of hydrogen-bond acceptors (Lipinski definition) is 2. The van der Waals surface area contributed by atoms with Crippen molar-refractivity contribution in [2.24, 2.45) is 0 Å². The van der Waals surface area contributed by atoms with Crippen LogP contribution in [0.25, 0.3) is 0 Å². The second-order valence-corrected chi connectivity index (χ2v) is 6.65. The number of amides is 1. The van der Waals surface area contributed by atoms with Gasteiger partial charge in [0.05, 0.1) is 21.3 Å². The first kappa shape index (κ1) is 15.9. The average Bonchev–Trinajstić information content (AvgIpc) is 2.76. The van der Waals surface area contributed by atoms with Crippen LogP contribution in [-0.2, 0) is 5.54 Å². The fourth-order valence-corrected chi connectivity index (χ4v) is 2.24. The zero-order chi connectivity index (χ0) is 15.8. The summed E-state index contributed by atoms with van der Waals surface area (Å²) in [6, 6.07) is 6.73. The van der Waals surface area contributed by atoms with Gasteiger partial charge in [0, 0.05) is 5.69 Å². The molecule has 0 aliphatic rings. The van der Waals surface area contributed by atoms with E-state index in [1.165, 1.54) is 0 Å². The van der Waals surface area contributed by atoms with E-state index < -0.39 is 0 Å². The Morgan fingerprint density at radius 1 is 1.19 bits per heavy atom. The Labute approximate surface area is 134 Å². The van der Waals surface area contributed by atoms with Gasteiger partial charge in [-0.25, -0.2) is 0 Å². The highest BCUT2D eigenvalue weighted by Crippen LogP contribution is 2.25. The van der Waals surface area contributed by atoms with Gasteiger partial charge in [-0.2, -0.15) is 5.10 Å². The zero-order valence-electron chi connectivity index (χ0n) is 12.4. The van der Waals surface area contributed by atoms with Crippen LogP contribution >= 0.6 is 23.2 Å². The van der Waals surface area contributed by atoms with Crippen LogP contribution in [0.1, 0.15) is 37.0 Å². The standard InChI is InChI=1S/C15H17Cl2N3O/c1-9-7-13(20(19-9)15(2,3)4)14(21)18-10-5-6-11(16)12(17)8-10/h5-8H,1-4H3,(H,18,21). The molecule has 4 nitrogen and oxygen atoms in total. The van der Waals surface area contributed by atoms with Crippen LogP contribution in [0.4, 0.5) is 5.69 Å².